The molecule has 2 aromatic rings. The highest BCUT2D eigenvalue weighted by Gasteiger charge is 2.17. The summed E-state index contributed by atoms with van der Waals surface area (Å²) in [7, 11) is 3.20. The first-order valence-electron chi connectivity index (χ1n) is 9.31. The van der Waals surface area contributed by atoms with E-state index < -0.39 is 0 Å². The molecule has 2 N–H and O–H groups in total. The molecular formula is C20H27ClN4O4. The molecule has 0 saturated carbocycles. The first kappa shape index (κ1) is 22.6. The number of nitro benzene ring substituents is 1. The molecule has 158 valence electrons. The highest BCUT2D eigenvalue weighted by Crippen LogP contribution is 2.30. The van der Waals surface area contributed by atoms with Gasteiger partial charge >= 0.3 is 0 Å². The van der Waals surface area contributed by atoms with Gasteiger partial charge in [-0.2, -0.15) is 0 Å². The quantitative estimate of drug-likeness (QED) is 0.499. The average Bonchev–Trinajstić information content (AvgIpc) is 2.74. The Morgan fingerprint density at radius 1 is 1.10 bits per heavy atom. The van der Waals surface area contributed by atoms with Crippen LogP contribution < -0.4 is 25.0 Å². The van der Waals surface area contributed by atoms with Crippen LogP contribution in [0.1, 0.15) is 5.56 Å². The number of piperazine rings is 1. The molecule has 0 unspecified atom stereocenters. The molecule has 0 radical (unpaired) electrons. The molecule has 0 atom stereocenters. The Balaban J connectivity index is 0.00000300. The van der Waals surface area contributed by atoms with Gasteiger partial charge in [-0.1, -0.05) is 6.07 Å². The van der Waals surface area contributed by atoms with Gasteiger partial charge in [0.15, 0.2) is 11.5 Å². The van der Waals surface area contributed by atoms with Gasteiger partial charge in [-0.3, -0.25) is 10.1 Å². The fraction of sp³-hybridized carbons (Fsp3) is 0.400. The SMILES string of the molecule is COc1ccc(CCNc2cc(N3CCNCC3)ccc2[N+](=O)[O-])cc1OC.Cl. The molecule has 1 saturated heterocycles. The molecule has 3 rings (SSSR count). The third-order valence-electron chi connectivity index (χ3n) is 4.84. The summed E-state index contributed by atoms with van der Waals surface area (Å²) in [5.41, 5.74) is 2.69. The van der Waals surface area contributed by atoms with Crippen molar-refractivity contribution in [3.8, 4) is 11.5 Å². The lowest BCUT2D eigenvalue weighted by molar-refractivity contribution is -0.383. The summed E-state index contributed by atoms with van der Waals surface area (Å²) in [6.45, 7) is 4.19. The molecule has 0 spiro atoms. The van der Waals surface area contributed by atoms with Crippen LogP contribution in [0.5, 0.6) is 11.5 Å². The molecule has 1 heterocycles. The zero-order valence-corrected chi connectivity index (χ0v) is 17.5. The molecule has 1 fully saturated rings. The standard InChI is InChI=1S/C20H26N4O4.ClH/c1-27-19-6-3-15(13-20(19)28-2)7-8-22-17-14-16(4-5-18(17)24(25)26)23-11-9-21-10-12-23;/h3-6,13-14,21-22H,7-12H2,1-2H3;1H. The molecule has 0 aromatic heterocycles. The molecule has 0 bridgehead atoms. The fourth-order valence-corrected chi connectivity index (χ4v) is 3.32. The van der Waals surface area contributed by atoms with Crippen molar-refractivity contribution in [2.24, 2.45) is 0 Å². The van der Waals surface area contributed by atoms with E-state index in [1.54, 1.807) is 20.3 Å². The Morgan fingerprint density at radius 3 is 2.48 bits per heavy atom. The van der Waals surface area contributed by atoms with Crippen molar-refractivity contribution in [2.75, 3.05) is 57.2 Å². The molecular weight excluding hydrogens is 396 g/mol. The van der Waals surface area contributed by atoms with Crippen molar-refractivity contribution in [1.29, 1.82) is 0 Å². The number of methoxy groups -OCH3 is 2. The Morgan fingerprint density at radius 2 is 1.83 bits per heavy atom. The summed E-state index contributed by atoms with van der Waals surface area (Å²) in [6, 6.07) is 11.0. The second-order valence-corrected chi connectivity index (χ2v) is 6.56. The van der Waals surface area contributed by atoms with Crippen LogP contribution in [0.4, 0.5) is 17.1 Å². The number of nitro groups is 1. The first-order valence-corrected chi connectivity index (χ1v) is 9.31. The molecule has 8 nitrogen and oxygen atoms in total. The van der Waals surface area contributed by atoms with Gasteiger partial charge in [0, 0.05) is 44.5 Å². The lowest BCUT2D eigenvalue weighted by Crippen LogP contribution is -2.43. The van der Waals surface area contributed by atoms with Crippen LogP contribution in [0, 0.1) is 10.1 Å². The smallest absolute Gasteiger partial charge is 0.292 e. The Labute approximate surface area is 176 Å². The molecule has 29 heavy (non-hydrogen) atoms. The minimum atomic E-state index is -0.347. The van der Waals surface area contributed by atoms with Gasteiger partial charge in [0.25, 0.3) is 5.69 Å². The summed E-state index contributed by atoms with van der Waals surface area (Å²) >= 11 is 0. The van der Waals surface area contributed by atoms with Crippen molar-refractivity contribution in [2.45, 2.75) is 6.42 Å². The van der Waals surface area contributed by atoms with Crippen LogP contribution in [0.3, 0.4) is 0 Å². The zero-order chi connectivity index (χ0) is 19.9. The number of hydrogen-bond acceptors (Lipinski definition) is 7. The third-order valence-corrected chi connectivity index (χ3v) is 4.84. The van der Waals surface area contributed by atoms with Crippen molar-refractivity contribution in [3.05, 3.63) is 52.1 Å². The average molecular weight is 423 g/mol. The maximum absolute atomic E-state index is 11.4. The second kappa shape index (κ2) is 10.7. The Kier molecular flexibility index (Phi) is 8.35. The van der Waals surface area contributed by atoms with Crippen molar-refractivity contribution in [1.82, 2.24) is 5.32 Å². The van der Waals surface area contributed by atoms with Gasteiger partial charge in [0.1, 0.15) is 5.69 Å². The number of nitrogens with one attached hydrogen (secondary N) is 2. The van der Waals surface area contributed by atoms with Gasteiger partial charge in [-0.05, 0) is 36.2 Å². The van der Waals surface area contributed by atoms with Crippen molar-refractivity contribution in [3.63, 3.8) is 0 Å². The van der Waals surface area contributed by atoms with Crippen molar-refractivity contribution < 1.29 is 14.4 Å². The van der Waals surface area contributed by atoms with Gasteiger partial charge in [0.05, 0.1) is 19.1 Å². The van der Waals surface area contributed by atoms with E-state index in [2.05, 4.69) is 15.5 Å². The number of nitrogens with zero attached hydrogens (tertiary/aromatic N) is 2. The minimum absolute atomic E-state index is 0. The van der Waals surface area contributed by atoms with E-state index in [-0.39, 0.29) is 23.0 Å². The van der Waals surface area contributed by atoms with Crippen LogP contribution in [-0.2, 0) is 6.42 Å². The summed E-state index contributed by atoms with van der Waals surface area (Å²) in [5, 5.41) is 18.0. The van der Waals surface area contributed by atoms with Crippen molar-refractivity contribution >= 4 is 29.5 Å². The summed E-state index contributed by atoms with van der Waals surface area (Å²) < 4.78 is 10.6. The highest BCUT2D eigenvalue weighted by atomic mass is 35.5. The van der Waals surface area contributed by atoms with E-state index in [9.17, 15) is 10.1 Å². The van der Waals surface area contributed by atoms with Crippen LogP contribution in [0.2, 0.25) is 0 Å². The maximum Gasteiger partial charge on any atom is 0.292 e. The number of halogens is 1. The zero-order valence-electron chi connectivity index (χ0n) is 16.6. The molecule has 1 aliphatic rings. The second-order valence-electron chi connectivity index (χ2n) is 6.56. The molecule has 2 aromatic carbocycles. The monoisotopic (exact) mass is 422 g/mol. The van der Waals surface area contributed by atoms with E-state index in [0.717, 1.165) is 37.4 Å². The van der Waals surface area contributed by atoms with E-state index in [4.69, 9.17) is 9.47 Å². The van der Waals surface area contributed by atoms with Gasteiger partial charge < -0.3 is 25.0 Å². The fourth-order valence-electron chi connectivity index (χ4n) is 3.32. The molecule has 1 aliphatic heterocycles. The number of rotatable bonds is 8. The summed E-state index contributed by atoms with van der Waals surface area (Å²) in [6.07, 6.45) is 0.704. The van der Waals surface area contributed by atoms with Crippen LogP contribution >= 0.6 is 12.4 Å². The number of ether oxygens (including phenoxy) is 2. The molecule has 9 heteroatoms. The van der Waals surface area contributed by atoms with Crippen LogP contribution in [0.15, 0.2) is 36.4 Å². The van der Waals surface area contributed by atoms with E-state index in [1.165, 1.54) is 0 Å². The predicted molar refractivity (Wildman–Crippen MR) is 117 cm³/mol. The normalized spacial score (nSPS) is 13.4. The number of hydrogen-bond donors (Lipinski definition) is 2. The lowest BCUT2D eigenvalue weighted by Gasteiger charge is -2.29. The number of anilines is 2. The highest BCUT2D eigenvalue weighted by molar-refractivity contribution is 5.85. The molecule has 0 amide bonds. The van der Waals surface area contributed by atoms with E-state index in [1.807, 2.05) is 30.3 Å². The van der Waals surface area contributed by atoms with E-state index >= 15 is 0 Å². The van der Waals surface area contributed by atoms with Crippen LogP contribution in [-0.4, -0.2) is 51.9 Å². The van der Waals surface area contributed by atoms with E-state index in [0.29, 0.717) is 30.2 Å². The number of benzene rings is 2. The summed E-state index contributed by atoms with van der Waals surface area (Å²) in [5.74, 6) is 1.35. The Hall–Kier alpha value is -2.71. The Bertz CT molecular complexity index is 828. The molecule has 0 aliphatic carbocycles. The van der Waals surface area contributed by atoms with Crippen LogP contribution in [0.25, 0.3) is 0 Å². The predicted octanol–water partition coefficient (Wildman–Crippen LogP) is 3.10. The minimum Gasteiger partial charge on any atom is -0.493 e. The van der Waals surface area contributed by atoms with Gasteiger partial charge in [0.2, 0.25) is 0 Å². The lowest BCUT2D eigenvalue weighted by atomic mass is 10.1. The van der Waals surface area contributed by atoms with Gasteiger partial charge in [-0.15, -0.1) is 12.4 Å². The third kappa shape index (κ3) is 5.65. The topological polar surface area (TPSA) is 88.9 Å². The maximum atomic E-state index is 11.4. The van der Waals surface area contributed by atoms with Gasteiger partial charge in [-0.25, -0.2) is 0 Å². The first-order chi connectivity index (χ1) is 13.6. The summed E-state index contributed by atoms with van der Waals surface area (Å²) in [4.78, 5) is 13.3. The largest absolute Gasteiger partial charge is 0.493 e.